The summed E-state index contributed by atoms with van der Waals surface area (Å²) >= 11 is 0. The third-order valence-electron chi connectivity index (χ3n) is 3.21. The molecule has 4 nitrogen and oxygen atoms in total. The lowest BCUT2D eigenvalue weighted by Crippen LogP contribution is -2.35. The summed E-state index contributed by atoms with van der Waals surface area (Å²) in [5.41, 5.74) is 8.92. The molecule has 0 saturated heterocycles. The second kappa shape index (κ2) is 6.61. The van der Waals surface area contributed by atoms with E-state index in [1.807, 2.05) is 37.3 Å². The van der Waals surface area contributed by atoms with Crippen LogP contribution in [-0.2, 0) is 0 Å². The van der Waals surface area contributed by atoms with Crippen LogP contribution in [0.1, 0.15) is 13.3 Å². The molecule has 2 rings (SSSR count). The van der Waals surface area contributed by atoms with E-state index < -0.39 is 0 Å². The van der Waals surface area contributed by atoms with Crippen LogP contribution >= 0.6 is 0 Å². The van der Waals surface area contributed by atoms with Gasteiger partial charge in [-0.2, -0.15) is 0 Å². The number of rotatable bonds is 5. The molecule has 0 radical (unpaired) electrons. The molecule has 20 heavy (non-hydrogen) atoms. The molecule has 1 atom stereocenters. The number of amidine groups is 1. The van der Waals surface area contributed by atoms with Crippen molar-refractivity contribution >= 4 is 11.5 Å². The van der Waals surface area contributed by atoms with Crippen LogP contribution in [0, 0.1) is 0 Å². The van der Waals surface area contributed by atoms with Crippen LogP contribution in [0.4, 0.5) is 5.69 Å². The van der Waals surface area contributed by atoms with Crippen molar-refractivity contribution in [2.45, 2.75) is 19.4 Å². The fourth-order valence-electron chi connectivity index (χ4n) is 2.05. The largest absolute Gasteiger partial charge is 0.409 e. The van der Waals surface area contributed by atoms with Crippen molar-refractivity contribution < 1.29 is 5.21 Å². The Labute approximate surface area is 118 Å². The van der Waals surface area contributed by atoms with Crippen LogP contribution in [0.5, 0.6) is 0 Å². The summed E-state index contributed by atoms with van der Waals surface area (Å²) < 4.78 is 0. The molecule has 0 aliphatic rings. The lowest BCUT2D eigenvalue weighted by Gasteiger charge is -2.16. The van der Waals surface area contributed by atoms with Crippen LogP contribution in [0.25, 0.3) is 11.1 Å². The van der Waals surface area contributed by atoms with E-state index in [1.165, 1.54) is 5.56 Å². The molecular weight excluding hydrogens is 250 g/mol. The number of nitrogens with one attached hydrogen (secondary N) is 1. The van der Waals surface area contributed by atoms with Crippen molar-refractivity contribution in [3.63, 3.8) is 0 Å². The molecular formula is C16H19N3O. The van der Waals surface area contributed by atoms with E-state index in [0.29, 0.717) is 0 Å². The molecule has 4 N–H and O–H groups in total. The Morgan fingerprint density at radius 1 is 1.10 bits per heavy atom. The van der Waals surface area contributed by atoms with E-state index in [1.54, 1.807) is 0 Å². The highest BCUT2D eigenvalue weighted by Gasteiger charge is 2.11. The smallest absolute Gasteiger partial charge is 0.161 e. The second-order valence-electron chi connectivity index (χ2n) is 4.57. The van der Waals surface area contributed by atoms with E-state index >= 15 is 0 Å². The first-order chi connectivity index (χ1) is 9.74. The molecule has 104 valence electrons. The topological polar surface area (TPSA) is 70.6 Å². The molecule has 0 heterocycles. The van der Waals surface area contributed by atoms with Gasteiger partial charge in [0.15, 0.2) is 5.84 Å². The van der Waals surface area contributed by atoms with Gasteiger partial charge >= 0.3 is 0 Å². The van der Waals surface area contributed by atoms with E-state index in [0.717, 1.165) is 17.7 Å². The average Bonchev–Trinajstić information content (AvgIpc) is 2.53. The van der Waals surface area contributed by atoms with Crippen LogP contribution in [0.2, 0.25) is 0 Å². The third-order valence-corrected chi connectivity index (χ3v) is 3.21. The van der Waals surface area contributed by atoms with E-state index in [4.69, 9.17) is 10.9 Å². The number of hydrogen-bond acceptors (Lipinski definition) is 3. The summed E-state index contributed by atoms with van der Waals surface area (Å²) in [4.78, 5) is 0. The summed E-state index contributed by atoms with van der Waals surface area (Å²) in [6.07, 6.45) is 0.746. The van der Waals surface area contributed by atoms with E-state index in [2.05, 4.69) is 34.7 Å². The van der Waals surface area contributed by atoms with E-state index in [9.17, 15) is 0 Å². The van der Waals surface area contributed by atoms with E-state index in [-0.39, 0.29) is 11.9 Å². The molecule has 0 aliphatic carbocycles. The van der Waals surface area contributed by atoms with Crippen molar-refractivity contribution in [2.75, 3.05) is 5.32 Å². The van der Waals surface area contributed by atoms with Gasteiger partial charge in [0.2, 0.25) is 0 Å². The molecule has 0 bridgehead atoms. The minimum atomic E-state index is -0.164. The zero-order valence-corrected chi connectivity index (χ0v) is 11.5. The van der Waals surface area contributed by atoms with Gasteiger partial charge in [0.1, 0.15) is 0 Å². The molecule has 0 saturated carbocycles. The van der Waals surface area contributed by atoms with Crippen molar-refractivity contribution in [2.24, 2.45) is 10.9 Å². The van der Waals surface area contributed by atoms with Crippen LogP contribution in [0.15, 0.2) is 59.8 Å². The maximum Gasteiger partial charge on any atom is 0.161 e. The lowest BCUT2D eigenvalue weighted by molar-refractivity contribution is 0.316. The van der Waals surface area contributed by atoms with Crippen molar-refractivity contribution in [3.05, 3.63) is 54.6 Å². The normalized spacial score (nSPS) is 12.9. The van der Waals surface area contributed by atoms with Gasteiger partial charge in [-0.1, -0.05) is 54.5 Å². The number of nitrogens with zero attached hydrogens (tertiary/aromatic N) is 1. The molecule has 1 unspecified atom stereocenters. The van der Waals surface area contributed by atoms with Gasteiger partial charge in [0.25, 0.3) is 0 Å². The van der Waals surface area contributed by atoms with Gasteiger partial charge in [0, 0.05) is 5.69 Å². The minimum Gasteiger partial charge on any atom is -0.409 e. The summed E-state index contributed by atoms with van der Waals surface area (Å²) in [5, 5.41) is 15.0. The third kappa shape index (κ3) is 3.29. The Balaban J connectivity index is 2.13. The Bertz CT molecular complexity index is 564. The summed E-state index contributed by atoms with van der Waals surface area (Å²) in [6, 6.07) is 18.1. The predicted octanol–water partition coefficient (Wildman–Crippen LogP) is 3.29. The first-order valence-corrected chi connectivity index (χ1v) is 6.64. The molecule has 2 aromatic carbocycles. The number of nitrogens with two attached hydrogens (primary N) is 1. The van der Waals surface area contributed by atoms with Crippen LogP contribution in [0.3, 0.4) is 0 Å². The van der Waals surface area contributed by atoms with Gasteiger partial charge in [-0.05, 0) is 29.7 Å². The van der Waals surface area contributed by atoms with Crippen LogP contribution < -0.4 is 11.1 Å². The summed E-state index contributed by atoms with van der Waals surface area (Å²) in [7, 11) is 0. The summed E-state index contributed by atoms with van der Waals surface area (Å²) in [5.74, 6) is 0.194. The maximum absolute atomic E-state index is 8.73. The lowest BCUT2D eigenvalue weighted by atomic mass is 10.1. The highest BCUT2D eigenvalue weighted by molar-refractivity contribution is 5.87. The van der Waals surface area contributed by atoms with Crippen molar-refractivity contribution in [3.8, 4) is 11.1 Å². The fraction of sp³-hybridized carbons (Fsp3) is 0.188. The molecule has 0 spiro atoms. The van der Waals surface area contributed by atoms with Gasteiger partial charge in [-0.15, -0.1) is 0 Å². The Morgan fingerprint density at radius 3 is 2.25 bits per heavy atom. The molecule has 0 fully saturated rings. The SMILES string of the molecule is CCC(Nc1ccc(-c2ccccc2)cc1)C(N)=NO. The molecule has 0 aliphatic heterocycles. The van der Waals surface area contributed by atoms with Gasteiger partial charge in [-0.25, -0.2) is 0 Å². The highest BCUT2D eigenvalue weighted by Crippen LogP contribution is 2.21. The van der Waals surface area contributed by atoms with Gasteiger partial charge < -0.3 is 16.3 Å². The number of oxime groups is 1. The monoisotopic (exact) mass is 269 g/mol. The predicted molar refractivity (Wildman–Crippen MR) is 83.0 cm³/mol. The Hall–Kier alpha value is -2.49. The first-order valence-electron chi connectivity index (χ1n) is 6.64. The van der Waals surface area contributed by atoms with Gasteiger partial charge in [0.05, 0.1) is 6.04 Å². The summed E-state index contributed by atoms with van der Waals surface area (Å²) in [6.45, 7) is 1.98. The molecule has 4 heteroatoms. The zero-order chi connectivity index (χ0) is 14.4. The first kappa shape index (κ1) is 13.9. The fourth-order valence-corrected chi connectivity index (χ4v) is 2.05. The number of hydrogen-bond donors (Lipinski definition) is 3. The van der Waals surface area contributed by atoms with Crippen molar-refractivity contribution in [1.29, 1.82) is 0 Å². The Morgan fingerprint density at radius 2 is 1.70 bits per heavy atom. The maximum atomic E-state index is 8.73. The number of anilines is 1. The number of benzene rings is 2. The molecule has 2 aromatic rings. The zero-order valence-electron chi connectivity index (χ0n) is 11.5. The van der Waals surface area contributed by atoms with Crippen LogP contribution in [-0.4, -0.2) is 17.1 Å². The minimum absolute atomic E-state index is 0.164. The average molecular weight is 269 g/mol. The quantitative estimate of drug-likeness (QED) is 0.337. The second-order valence-corrected chi connectivity index (χ2v) is 4.57. The molecule has 0 amide bonds. The molecule has 0 aromatic heterocycles. The van der Waals surface area contributed by atoms with Gasteiger partial charge in [-0.3, -0.25) is 0 Å². The van der Waals surface area contributed by atoms with Crippen molar-refractivity contribution in [1.82, 2.24) is 0 Å². The Kier molecular flexibility index (Phi) is 4.60. The highest BCUT2D eigenvalue weighted by atomic mass is 16.4. The standard InChI is InChI=1S/C16H19N3O/c1-2-15(16(17)19-20)18-14-10-8-13(9-11-14)12-6-4-3-5-7-12/h3-11,15,18,20H,2H2,1H3,(H2,17,19).